The summed E-state index contributed by atoms with van der Waals surface area (Å²) in [5.41, 5.74) is 0.734. The molecule has 0 saturated heterocycles. The number of carbonyl (C=O) groups excluding carboxylic acids is 1. The molecule has 0 aliphatic heterocycles. The second kappa shape index (κ2) is 7.17. The summed E-state index contributed by atoms with van der Waals surface area (Å²) in [6.45, 7) is 2.19. The van der Waals surface area contributed by atoms with Crippen LogP contribution in [0.4, 0.5) is 4.79 Å². The Morgan fingerprint density at radius 2 is 2.17 bits per heavy atom. The highest BCUT2D eigenvalue weighted by Gasteiger charge is 2.26. The molecule has 2 amide bonds. The molecule has 1 aliphatic carbocycles. The van der Waals surface area contributed by atoms with Gasteiger partial charge in [0.2, 0.25) is 5.89 Å². The van der Waals surface area contributed by atoms with Gasteiger partial charge in [0, 0.05) is 18.2 Å². The molecule has 0 radical (unpaired) electrons. The van der Waals surface area contributed by atoms with E-state index in [0.29, 0.717) is 24.2 Å². The van der Waals surface area contributed by atoms with Crippen molar-refractivity contribution in [1.29, 1.82) is 0 Å². The zero-order valence-electron chi connectivity index (χ0n) is 13.0. The van der Waals surface area contributed by atoms with Crippen molar-refractivity contribution < 1.29 is 9.32 Å². The molecular weight excluding hydrogens is 296 g/mol. The molecule has 2 heterocycles. The first-order chi connectivity index (χ1) is 11.2. The van der Waals surface area contributed by atoms with Crippen LogP contribution in [0.5, 0.6) is 0 Å². The summed E-state index contributed by atoms with van der Waals surface area (Å²) >= 11 is 0. The van der Waals surface area contributed by atoms with Crippen molar-refractivity contribution in [2.75, 3.05) is 0 Å². The molecule has 8 heteroatoms. The average Bonchev–Trinajstić information content (AvgIpc) is 3.01. The van der Waals surface area contributed by atoms with Crippen LogP contribution in [0, 0.1) is 6.92 Å². The fraction of sp³-hybridized carbons (Fsp3) is 0.533. The van der Waals surface area contributed by atoms with Crippen LogP contribution >= 0.6 is 0 Å². The third kappa shape index (κ3) is 4.24. The number of aryl methyl sites for hydroxylation is 1. The highest BCUT2D eigenvalue weighted by molar-refractivity contribution is 5.74. The predicted molar refractivity (Wildman–Crippen MR) is 81.4 cm³/mol. The van der Waals surface area contributed by atoms with E-state index in [-0.39, 0.29) is 12.1 Å². The van der Waals surface area contributed by atoms with E-state index in [1.807, 2.05) is 13.0 Å². The maximum Gasteiger partial charge on any atom is 0.315 e. The van der Waals surface area contributed by atoms with Gasteiger partial charge < -0.3 is 15.2 Å². The zero-order valence-corrected chi connectivity index (χ0v) is 13.0. The van der Waals surface area contributed by atoms with E-state index in [9.17, 15) is 4.79 Å². The topological polar surface area (TPSA) is 106 Å². The van der Waals surface area contributed by atoms with E-state index in [1.165, 1.54) is 0 Å². The molecule has 122 valence electrons. The number of carbonyl (C=O) groups is 1. The van der Waals surface area contributed by atoms with Gasteiger partial charge in [0.25, 0.3) is 0 Å². The van der Waals surface area contributed by atoms with Gasteiger partial charge in [0.1, 0.15) is 0 Å². The molecule has 0 atom stereocenters. The summed E-state index contributed by atoms with van der Waals surface area (Å²) in [4.78, 5) is 16.2. The molecule has 0 bridgehead atoms. The summed E-state index contributed by atoms with van der Waals surface area (Å²) in [5.74, 6) is 1.69. The van der Waals surface area contributed by atoms with Crippen molar-refractivity contribution in [2.24, 2.45) is 0 Å². The maximum absolute atomic E-state index is 11.9. The minimum atomic E-state index is -0.173. The Morgan fingerprint density at radius 3 is 2.83 bits per heavy atom. The SMILES string of the molecule is Cc1noc(C2CCC(NC(=O)NCc3cccnn3)CC2)n1. The van der Waals surface area contributed by atoms with Gasteiger partial charge in [0.05, 0.1) is 12.2 Å². The van der Waals surface area contributed by atoms with E-state index in [4.69, 9.17) is 4.52 Å². The van der Waals surface area contributed by atoms with Crippen LogP contribution in [0.25, 0.3) is 0 Å². The van der Waals surface area contributed by atoms with Crippen molar-refractivity contribution >= 4 is 6.03 Å². The quantitative estimate of drug-likeness (QED) is 0.889. The van der Waals surface area contributed by atoms with Gasteiger partial charge in [-0.2, -0.15) is 15.2 Å². The van der Waals surface area contributed by atoms with Crippen molar-refractivity contribution in [1.82, 2.24) is 31.0 Å². The third-order valence-corrected chi connectivity index (χ3v) is 4.01. The van der Waals surface area contributed by atoms with Crippen molar-refractivity contribution in [2.45, 2.75) is 51.1 Å². The highest BCUT2D eigenvalue weighted by atomic mass is 16.5. The lowest BCUT2D eigenvalue weighted by atomic mass is 9.86. The molecule has 2 aromatic heterocycles. The van der Waals surface area contributed by atoms with Crippen LogP contribution < -0.4 is 10.6 Å². The van der Waals surface area contributed by atoms with Gasteiger partial charge >= 0.3 is 6.03 Å². The molecule has 1 aliphatic rings. The van der Waals surface area contributed by atoms with Gasteiger partial charge in [-0.3, -0.25) is 0 Å². The first kappa shape index (κ1) is 15.4. The first-order valence-corrected chi connectivity index (χ1v) is 7.82. The molecule has 3 rings (SSSR count). The van der Waals surface area contributed by atoms with Gasteiger partial charge in [0.15, 0.2) is 5.82 Å². The summed E-state index contributed by atoms with van der Waals surface area (Å²) in [7, 11) is 0. The summed E-state index contributed by atoms with van der Waals surface area (Å²) in [5, 5.41) is 17.3. The molecule has 1 fully saturated rings. The zero-order chi connectivity index (χ0) is 16.1. The Labute approximate surface area is 134 Å². The van der Waals surface area contributed by atoms with E-state index in [0.717, 1.165) is 31.4 Å². The molecular formula is C15H20N6O2. The van der Waals surface area contributed by atoms with Gasteiger partial charge in [-0.15, -0.1) is 0 Å². The number of aromatic nitrogens is 4. The van der Waals surface area contributed by atoms with Crippen LogP contribution in [0.3, 0.4) is 0 Å². The Hall–Kier alpha value is -2.51. The van der Waals surface area contributed by atoms with Crippen molar-refractivity contribution in [3.63, 3.8) is 0 Å². The van der Waals surface area contributed by atoms with Crippen LogP contribution in [-0.2, 0) is 6.54 Å². The normalized spacial score (nSPS) is 20.9. The smallest absolute Gasteiger partial charge is 0.315 e. The maximum atomic E-state index is 11.9. The Bertz CT molecular complexity index is 636. The molecule has 0 aromatic carbocycles. The molecule has 0 unspecified atom stereocenters. The molecule has 1 saturated carbocycles. The lowest BCUT2D eigenvalue weighted by Gasteiger charge is -2.27. The van der Waals surface area contributed by atoms with E-state index in [1.54, 1.807) is 12.3 Å². The molecule has 2 aromatic rings. The largest absolute Gasteiger partial charge is 0.339 e. The molecule has 0 spiro atoms. The Morgan fingerprint density at radius 1 is 1.35 bits per heavy atom. The molecule has 23 heavy (non-hydrogen) atoms. The monoisotopic (exact) mass is 316 g/mol. The minimum absolute atomic E-state index is 0.173. The summed E-state index contributed by atoms with van der Waals surface area (Å²) < 4.78 is 5.23. The summed E-state index contributed by atoms with van der Waals surface area (Å²) in [6, 6.07) is 3.62. The highest BCUT2D eigenvalue weighted by Crippen LogP contribution is 2.31. The first-order valence-electron chi connectivity index (χ1n) is 7.82. The van der Waals surface area contributed by atoms with Crippen LogP contribution in [0.1, 0.15) is 49.0 Å². The number of hydrogen-bond acceptors (Lipinski definition) is 6. The second-order valence-electron chi connectivity index (χ2n) is 5.77. The molecule has 2 N–H and O–H groups in total. The number of urea groups is 1. The van der Waals surface area contributed by atoms with Crippen molar-refractivity contribution in [3.05, 3.63) is 35.7 Å². The average molecular weight is 316 g/mol. The second-order valence-corrected chi connectivity index (χ2v) is 5.77. The fourth-order valence-electron chi connectivity index (χ4n) is 2.80. The molecule has 8 nitrogen and oxygen atoms in total. The Balaban J connectivity index is 1.41. The van der Waals surface area contributed by atoms with E-state index in [2.05, 4.69) is 31.0 Å². The number of rotatable bonds is 4. The van der Waals surface area contributed by atoms with Crippen LogP contribution in [-0.4, -0.2) is 32.4 Å². The van der Waals surface area contributed by atoms with Crippen LogP contribution in [0.2, 0.25) is 0 Å². The van der Waals surface area contributed by atoms with E-state index < -0.39 is 0 Å². The van der Waals surface area contributed by atoms with Gasteiger partial charge in [-0.05, 0) is 44.7 Å². The number of hydrogen-bond donors (Lipinski definition) is 2. The van der Waals surface area contributed by atoms with Crippen molar-refractivity contribution in [3.8, 4) is 0 Å². The van der Waals surface area contributed by atoms with Gasteiger partial charge in [-0.25, -0.2) is 4.79 Å². The number of nitrogens with zero attached hydrogens (tertiary/aromatic N) is 4. The Kier molecular flexibility index (Phi) is 4.80. The standard InChI is InChI=1S/C15H20N6O2/c1-10-18-14(23-21-10)11-4-6-12(7-5-11)19-15(22)16-9-13-3-2-8-17-20-13/h2-3,8,11-12H,4-7,9H2,1H3,(H2,16,19,22). The number of amides is 2. The fourth-order valence-corrected chi connectivity index (χ4v) is 2.80. The van der Waals surface area contributed by atoms with Crippen LogP contribution in [0.15, 0.2) is 22.9 Å². The van der Waals surface area contributed by atoms with Gasteiger partial charge in [-0.1, -0.05) is 5.16 Å². The van der Waals surface area contributed by atoms with E-state index >= 15 is 0 Å². The lowest BCUT2D eigenvalue weighted by molar-refractivity contribution is 0.227. The minimum Gasteiger partial charge on any atom is -0.339 e. The predicted octanol–water partition coefficient (Wildman–Crippen LogP) is 1.69. The lowest BCUT2D eigenvalue weighted by Crippen LogP contribution is -2.43. The summed E-state index contributed by atoms with van der Waals surface area (Å²) in [6.07, 6.45) is 5.30. The number of nitrogens with one attached hydrogen (secondary N) is 2. The third-order valence-electron chi connectivity index (χ3n) is 4.01.